The minimum Gasteiger partial charge on any atom is -0.478 e. The number of likely N-dealkylation sites (tertiary alicyclic amines) is 1. The van der Waals surface area contributed by atoms with E-state index >= 15 is 0 Å². The number of halogens is 1. The zero-order valence-electron chi connectivity index (χ0n) is 11.6. The van der Waals surface area contributed by atoms with E-state index in [1.54, 1.807) is 27.9 Å². The van der Waals surface area contributed by atoms with Crippen molar-refractivity contribution in [3.05, 3.63) is 39.3 Å². The smallest absolute Gasteiger partial charge is 0.338 e. The van der Waals surface area contributed by atoms with Gasteiger partial charge in [0.25, 0.3) is 5.91 Å². The van der Waals surface area contributed by atoms with Gasteiger partial charge in [-0.05, 0) is 25.0 Å². The molecule has 2 aromatic rings. The van der Waals surface area contributed by atoms with Crippen LogP contribution in [0.4, 0.5) is 0 Å². The summed E-state index contributed by atoms with van der Waals surface area (Å²) < 4.78 is 2.30. The summed E-state index contributed by atoms with van der Waals surface area (Å²) in [4.78, 5) is 25.7. The number of thiophene rings is 1. The zero-order chi connectivity index (χ0) is 15.7. The maximum Gasteiger partial charge on any atom is 0.338 e. The Bertz CT molecular complexity index is 704. The van der Waals surface area contributed by atoms with Crippen LogP contribution in [0.2, 0.25) is 4.34 Å². The number of carboxylic acid groups (broad SMARTS) is 1. The molecule has 3 rings (SSSR count). The summed E-state index contributed by atoms with van der Waals surface area (Å²) in [5, 5.41) is 13.0. The molecule has 116 valence electrons. The van der Waals surface area contributed by atoms with E-state index in [0.717, 1.165) is 12.8 Å². The van der Waals surface area contributed by atoms with Crippen LogP contribution in [-0.2, 0) is 0 Å². The van der Waals surface area contributed by atoms with Crippen molar-refractivity contribution in [2.45, 2.75) is 18.9 Å². The van der Waals surface area contributed by atoms with Gasteiger partial charge in [0.05, 0.1) is 27.0 Å². The fourth-order valence-corrected chi connectivity index (χ4v) is 3.58. The minimum atomic E-state index is -0.978. The van der Waals surface area contributed by atoms with Gasteiger partial charge in [0.1, 0.15) is 0 Å². The van der Waals surface area contributed by atoms with Gasteiger partial charge < -0.3 is 10.0 Å². The number of carbonyl (C=O) groups is 2. The summed E-state index contributed by atoms with van der Waals surface area (Å²) >= 11 is 7.15. The summed E-state index contributed by atoms with van der Waals surface area (Å²) in [6, 6.07) is 3.60. The van der Waals surface area contributed by atoms with E-state index in [9.17, 15) is 9.59 Å². The highest BCUT2D eigenvalue weighted by atomic mass is 35.5. The molecule has 0 aliphatic carbocycles. The molecule has 1 N–H and O–H groups in total. The predicted molar refractivity (Wildman–Crippen MR) is 82.7 cm³/mol. The van der Waals surface area contributed by atoms with Crippen LogP contribution in [0.25, 0.3) is 0 Å². The molecule has 22 heavy (non-hydrogen) atoms. The van der Waals surface area contributed by atoms with Gasteiger partial charge in [-0.25, -0.2) is 4.79 Å². The Morgan fingerprint density at radius 1 is 1.32 bits per heavy atom. The molecule has 2 aromatic heterocycles. The summed E-state index contributed by atoms with van der Waals surface area (Å²) in [5.41, 5.74) is 0.187. The van der Waals surface area contributed by atoms with Crippen molar-refractivity contribution >= 4 is 34.8 Å². The van der Waals surface area contributed by atoms with E-state index in [-0.39, 0.29) is 17.5 Å². The van der Waals surface area contributed by atoms with Crippen LogP contribution >= 0.6 is 22.9 Å². The lowest BCUT2D eigenvalue weighted by Gasteiger charge is -2.31. The third-order valence-electron chi connectivity index (χ3n) is 3.76. The van der Waals surface area contributed by atoms with Crippen molar-refractivity contribution in [2.75, 3.05) is 13.1 Å². The summed E-state index contributed by atoms with van der Waals surface area (Å²) in [7, 11) is 0. The second-order valence-electron chi connectivity index (χ2n) is 5.14. The molecule has 0 unspecified atom stereocenters. The molecule has 0 aromatic carbocycles. The Morgan fingerprint density at radius 2 is 2.05 bits per heavy atom. The molecular weight excluding hydrogens is 326 g/mol. The Hall–Kier alpha value is -1.86. The molecule has 0 saturated carbocycles. The molecule has 8 heteroatoms. The molecular formula is C14H14ClN3O3S. The van der Waals surface area contributed by atoms with Gasteiger partial charge in [0.2, 0.25) is 0 Å². The van der Waals surface area contributed by atoms with Crippen LogP contribution in [0.3, 0.4) is 0 Å². The highest BCUT2D eigenvalue weighted by Gasteiger charge is 2.26. The van der Waals surface area contributed by atoms with E-state index < -0.39 is 5.97 Å². The highest BCUT2D eigenvalue weighted by molar-refractivity contribution is 7.17. The Kier molecular flexibility index (Phi) is 4.17. The van der Waals surface area contributed by atoms with Crippen LogP contribution in [0, 0.1) is 0 Å². The second kappa shape index (κ2) is 6.10. The number of carboxylic acids is 1. The number of nitrogens with zero attached hydrogens (tertiary/aromatic N) is 3. The molecule has 1 amide bonds. The highest BCUT2D eigenvalue weighted by Crippen LogP contribution is 2.26. The van der Waals surface area contributed by atoms with Gasteiger partial charge in [-0.1, -0.05) is 11.6 Å². The van der Waals surface area contributed by atoms with Crippen LogP contribution in [0.1, 0.15) is 38.9 Å². The maximum atomic E-state index is 12.3. The van der Waals surface area contributed by atoms with Crippen LogP contribution in [-0.4, -0.2) is 44.8 Å². The summed E-state index contributed by atoms with van der Waals surface area (Å²) in [5.74, 6) is -0.976. The van der Waals surface area contributed by atoms with Crippen molar-refractivity contribution in [3.63, 3.8) is 0 Å². The van der Waals surface area contributed by atoms with Crippen molar-refractivity contribution in [1.29, 1.82) is 0 Å². The Labute approximate surface area is 135 Å². The number of amides is 1. The molecule has 6 nitrogen and oxygen atoms in total. The van der Waals surface area contributed by atoms with Crippen molar-refractivity contribution in [2.24, 2.45) is 0 Å². The van der Waals surface area contributed by atoms with Gasteiger partial charge in [-0.2, -0.15) is 5.10 Å². The molecule has 0 radical (unpaired) electrons. The van der Waals surface area contributed by atoms with E-state index in [1.807, 2.05) is 0 Å². The molecule has 1 aliphatic rings. The first-order valence-electron chi connectivity index (χ1n) is 6.86. The monoisotopic (exact) mass is 339 g/mol. The summed E-state index contributed by atoms with van der Waals surface area (Å²) in [6.07, 6.45) is 4.41. The van der Waals surface area contributed by atoms with E-state index in [1.165, 1.54) is 17.5 Å². The molecule has 1 saturated heterocycles. The lowest BCUT2D eigenvalue weighted by molar-refractivity contribution is 0.0691. The van der Waals surface area contributed by atoms with Crippen LogP contribution in [0.5, 0.6) is 0 Å². The van der Waals surface area contributed by atoms with E-state index in [4.69, 9.17) is 16.7 Å². The lowest BCUT2D eigenvalue weighted by atomic mass is 10.1. The summed E-state index contributed by atoms with van der Waals surface area (Å²) in [6.45, 7) is 1.25. The zero-order valence-corrected chi connectivity index (χ0v) is 13.2. The average Bonchev–Trinajstić information content (AvgIpc) is 3.16. The van der Waals surface area contributed by atoms with Crippen molar-refractivity contribution < 1.29 is 14.7 Å². The van der Waals surface area contributed by atoms with Crippen molar-refractivity contribution in [1.82, 2.24) is 14.7 Å². The maximum absolute atomic E-state index is 12.3. The number of carbonyl (C=O) groups excluding carboxylic acids is 1. The fraction of sp³-hybridized carbons (Fsp3) is 0.357. The normalized spacial score (nSPS) is 16.0. The topological polar surface area (TPSA) is 75.4 Å². The number of rotatable bonds is 3. The third-order valence-corrected chi connectivity index (χ3v) is 4.98. The van der Waals surface area contributed by atoms with Gasteiger partial charge >= 0.3 is 5.97 Å². The van der Waals surface area contributed by atoms with E-state index in [2.05, 4.69) is 5.10 Å². The van der Waals surface area contributed by atoms with Crippen LogP contribution in [0.15, 0.2) is 24.5 Å². The largest absolute Gasteiger partial charge is 0.478 e. The van der Waals surface area contributed by atoms with Gasteiger partial charge in [-0.15, -0.1) is 11.3 Å². The third kappa shape index (κ3) is 3.00. The molecule has 0 bridgehead atoms. The molecule has 1 fully saturated rings. The quantitative estimate of drug-likeness (QED) is 0.933. The Balaban J connectivity index is 1.62. The first-order valence-corrected chi connectivity index (χ1v) is 8.06. The first-order chi connectivity index (χ1) is 10.5. The van der Waals surface area contributed by atoms with Gasteiger partial charge in [0.15, 0.2) is 0 Å². The predicted octanol–water partition coefficient (Wildman–Crippen LogP) is 2.77. The molecule has 3 heterocycles. The lowest BCUT2D eigenvalue weighted by Crippen LogP contribution is -2.38. The molecule has 1 aliphatic heterocycles. The fourth-order valence-electron chi connectivity index (χ4n) is 2.57. The van der Waals surface area contributed by atoms with Crippen LogP contribution < -0.4 is 0 Å². The Morgan fingerprint density at radius 3 is 2.59 bits per heavy atom. The van der Waals surface area contributed by atoms with Crippen molar-refractivity contribution in [3.8, 4) is 0 Å². The average molecular weight is 340 g/mol. The SMILES string of the molecule is O=C(O)c1cnn(C2CCN(C(=O)c3ccc(Cl)s3)CC2)c1. The molecule has 0 atom stereocenters. The number of aromatic nitrogens is 2. The van der Waals surface area contributed by atoms with Gasteiger partial charge in [-0.3, -0.25) is 9.48 Å². The second-order valence-corrected chi connectivity index (χ2v) is 6.86. The first kappa shape index (κ1) is 15.1. The number of aromatic carboxylic acids is 1. The molecule has 0 spiro atoms. The number of hydrogen-bond acceptors (Lipinski definition) is 4. The standard InChI is InChI=1S/C14H14ClN3O3S/c15-12-2-1-11(22-12)13(19)17-5-3-10(4-6-17)18-8-9(7-16-18)14(20)21/h1-2,7-8,10H,3-6H2,(H,20,21). The minimum absolute atomic E-state index is 0.00189. The number of hydrogen-bond donors (Lipinski definition) is 1. The van der Waals surface area contributed by atoms with E-state index in [0.29, 0.717) is 22.3 Å². The number of piperidine rings is 1. The van der Waals surface area contributed by atoms with Gasteiger partial charge in [0, 0.05) is 19.3 Å².